The molecule has 1 fully saturated rings. The first-order chi connectivity index (χ1) is 19.7. The molecule has 0 unspecified atom stereocenters. The van der Waals surface area contributed by atoms with Gasteiger partial charge in [-0.05, 0) is 49.6 Å². The van der Waals surface area contributed by atoms with E-state index in [1.54, 1.807) is 29.2 Å². The average molecular weight is 614 g/mol. The molecule has 5 rings (SSSR count). The quantitative estimate of drug-likeness (QED) is 0.178. The highest BCUT2D eigenvalue weighted by atomic mass is 35.5. The van der Waals surface area contributed by atoms with Crippen LogP contribution in [-0.2, 0) is 10.2 Å². The first kappa shape index (κ1) is 29.8. The van der Waals surface area contributed by atoms with Gasteiger partial charge >= 0.3 is 5.97 Å². The minimum Gasteiger partial charge on any atom is -0.465 e. The molecular weight excluding hydrogens is 582 g/mol. The summed E-state index contributed by atoms with van der Waals surface area (Å²) in [6.07, 6.45) is 0. The van der Waals surface area contributed by atoms with Gasteiger partial charge in [0.15, 0.2) is 11.3 Å². The zero-order valence-corrected chi connectivity index (χ0v) is 25.7. The number of fused-ring (bicyclic) bond motifs is 1. The van der Waals surface area contributed by atoms with Crippen molar-refractivity contribution in [3.8, 4) is 11.3 Å². The number of aromatic nitrogens is 2. The number of piperazine rings is 1. The van der Waals surface area contributed by atoms with Crippen molar-refractivity contribution >= 4 is 52.0 Å². The molecule has 1 saturated heterocycles. The number of hydrogen-bond acceptors (Lipinski definition) is 7. The largest absolute Gasteiger partial charge is 0.465 e. The Kier molecular flexibility index (Phi) is 7.70. The van der Waals surface area contributed by atoms with Crippen molar-refractivity contribution in [1.29, 1.82) is 0 Å². The van der Waals surface area contributed by atoms with Crippen molar-refractivity contribution in [2.75, 3.05) is 31.6 Å². The van der Waals surface area contributed by atoms with Crippen LogP contribution in [0.25, 0.3) is 22.4 Å². The van der Waals surface area contributed by atoms with Gasteiger partial charge in [-0.15, -0.1) is 0 Å². The molecule has 11 heteroatoms. The number of pyridine rings is 2. The van der Waals surface area contributed by atoms with Gasteiger partial charge in [0.1, 0.15) is 27.9 Å². The lowest BCUT2D eigenvalue weighted by Gasteiger charge is -2.47. The number of ether oxygens (including phenoxy) is 1. The monoisotopic (exact) mass is 612 g/mol. The number of anilines is 1. The highest BCUT2D eigenvalue weighted by molar-refractivity contribution is 6.30. The predicted octanol–water partition coefficient (Wildman–Crippen LogP) is 7.16. The molecule has 0 radical (unpaired) electrons. The average Bonchev–Trinajstić information content (AvgIpc) is 3.36. The van der Waals surface area contributed by atoms with Gasteiger partial charge < -0.3 is 19.0 Å². The summed E-state index contributed by atoms with van der Waals surface area (Å²) in [6, 6.07) is 11.2. The first-order valence-electron chi connectivity index (χ1n) is 13.4. The number of hydrogen-bond donors (Lipinski definition) is 0. The zero-order chi connectivity index (χ0) is 30.6. The summed E-state index contributed by atoms with van der Waals surface area (Å²) in [5.74, 6) is -0.785. The molecule has 0 bridgehead atoms. The molecule has 0 N–H and O–H groups in total. The summed E-state index contributed by atoms with van der Waals surface area (Å²) < 4.78 is 25.4. The van der Waals surface area contributed by atoms with E-state index >= 15 is 0 Å². The summed E-state index contributed by atoms with van der Waals surface area (Å²) in [4.78, 5) is 39.1. The molecule has 4 aromatic rings. The van der Waals surface area contributed by atoms with Gasteiger partial charge in [-0.25, -0.2) is 19.2 Å². The highest BCUT2D eigenvalue weighted by Crippen LogP contribution is 2.36. The number of carbonyl (C=O) groups is 2. The number of benzene rings is 1. The zero-order valence-electron chi connectivity index (χ0n) is 24.2. The maximum absolute atomic E-state index is 14.3. The number of methoxy groups -OCH3 is 1. The molecule has 1 amide bonds. The Hall–Kier alpha value is -3.69. The number of esters is 1. The summed E-state index contributed by atoms with van der Waals surface area (Å²) in [5, 5.41) is 0.279. The number of amides is 1. The maximum Gasteiger partial charge on any atom is 0.341 e. The van der Waals surface area contributed by atoms with Crippen molar-refractivity contribution in [3.63, 3.8) is 0 Å². The Bertz CT molecular complexity index is 1710. The molecule has 220 valence electrons. The van der Waals surface area contributed by atoms with Crippen LogP contribution in [0.1, 0.15) is 61.1 Å². The SMILES string of the molecule is COC(=O)c1ccc(Cl)nc1N1CCN(C(=O)c2cc3nc(-c4ccc(Cl)c(F)c4)cc(C(C)(C)C)c3o2)C(C)(C)C1. The standard InChI is InChI=1S/C31H31Cl2FN4O4/c1-30(2,3)19-14-22(17-7-9-20(32)21(34)13-17)35-23-15-24(42-26(19)23)28(39)38-12-11-37(16-31(38,4)5)27-18(29(40)41-6)8-10-25(33)36-27/h7-10,13-15H,11-12,16H2,1-6H3. The van der Waals surface area contributed by atoms with Crippen molar-refractivity contribution in [3.05, 3.63) is 75.3 Å². The fraction of sp³-hybridized carbons (Fsp3) is 0.355. The van der Waals surface area contributed by atoms with Gasteiger partial charge in [0.2, 0.25) is 0 Å². The van der Waals surface area contributed by atoms with Gasteiger partial charge in [-0.3, -0.25) is 4.79 Å². The molecule has 3 aromatic heterocycles. The van der Waals surface area contributed by atoms with Gasteiger partial charge in [0, 0.05) is 36.8 Å². The normalized spacial score (nSPS) is 15.3. The molecule has 0 saturated carbocycles. The third kappa shape index (κ3) is 5.55. The van der Waals surface area contributed by atoms with Crippen molar-refractivity contribution < 1.29 is 23.1 Å². The third-order valence-electron chi connectivity index (χ3n) is 7.41. The summed E-state index contributed by atoms with van der Waals surface area (Å²) in [7, 11) is 1.31. The number of carbonyl (C=O) groups excluding carboxylic acids is 2. The van der Waals surface area contributed by atoms with Crippen LogP contribution in [0, 0.1) is 5.82 Å². The lowest BCUT2D eigenvalue weighted by atomic mass is 9.86. The van der Waals surface area contributed by atoms with E-state index < -0.39 is 17.3 Å². The van der Waals surface area contributed by atoms with Crippen LogP contribution in [0.3, 0.4) is 0 Å². The Morgan fingerprint density at radius 2 is 1.79 bits per heavy atom. The fourth-order valence-electron chi connectivity index (χ4n) is 5.27. The smallest absolute Gasteiger partial charge is 0.341 e. The summed E-state index contributed by atoms with van der Waals surface area (Å²) in [5.41, 5.74) is 2.23. The van der Waals surface area contributed by atoms with E-state index in [1.807, 2.05) is 45.6 Å². The Labute approximate surface area is 253 Å². The van der Waals surface area contributed by atoms with Crippen molar-refractivity contribution in [2.45, 2.75) is 45.6 Å². The molecule has 0 spiro atoms. The predicted molar refractivity (Wildman–Crippen MR) is 161 cm³/mol. The molecule has 0 aliphatic carbocycles. The molecule has 0 atom stereocenters. The van der Waals surface area contributed by atoms with Crippen LogP contribution in [0.4, 0.5) is 10.2 Å². The van der Waals surface area contributed by atoms with Crippen molar-refractivity contribution in [2.24, 2.45) is 0 Å². The second-order valence-electron chi connectivity index (χ2n) is 11.9. The van der Waals surface area contributed by atoms with E-state index in [-0.39, 0.29) is 27.3 Å². The molecular formula is C31H31Cl2FN4O4. The van der Waals surface area contributed by atoms with E-state index in [9.17, 15) is 14.0 Å². The number of rotatable bonds is 4. The van der Waals surface area contributed by atoms with Gasteiger partial charge in [-0.1, -0.05) is 50.0 Å². The first-order valence-corrected chi connectivity index (χ1v) is 14.2. The molecule has 8 nitrogen and oxygen atoms in total. The summed E-state index contributed by atoms with van der Waals surface area (Å²) in [6.45, 7) is 11.1. The minimum atomic E-state index is -0.669. The van der Waals surface area contributed by atoms with Gasteiger partial charge in [0.25, 0.3) is 5.91 Å². The lowest BCUT2D eigenvalue weighted by molar-refractivity contribution is 0.0479. The molecule has 42 heavy (non-hydrogen) atoms. The second-order valence-corrected chi connectivity index (χ2v) is 12.7. The lowest BCUT2D eigenvalue weighted by Crippen LogP contribution is -2.61. The van der Waals surface area contributed by atoms with E-state index in [2.05, 4.69) is 4.98 Å². The van der Waals surface area contributed by atoms with Crippen LogP contribution >= 0.6 is 23.2 Å². The van der Waals surface area contributed by atoms with E-state index in [1.165, 1.54) is 19.2 Å². The summed E-state index contributed by atoms with van der Waals surface area (Å²) >= 11 is 12.1. The highest BCUT2D eigenvalue weighted by Gasteiger charge is 2.40. The molecule has 1 aromatic carbocycles. The van der Waals surface area contributed by atoms with E-state index in [0.29, 0.717) is 53.4 Å². The fourth-order valence-corrected chi connectivity index (χ4v) is 5.53. The van der Waals surface area contributed by atoms with Crippen LogP contribution < -0.4 is 4.90 Å². The Morgan fingerprint density at radius 1 is 1.05 bits per heavy atom. The molecule has 1 aliphatic heterocycles. The topological polar surface area (TPSA) is 88.8 Å². The van der Waals surface area contributed by atoms with Crippen LogP contribution in [0.2, 0.25) is 10.2 Å². The number of halogens is 3. The Morgan fingerprint density at radius 3 is 2.43 bits per heavy atom. The van der Waals surface area contributed by atoms with Crippen LogP contribution in [-0.4, -0.2) is 59.0 Å². The van der Waals surface area contributed by atoms with E-state index in [4.69, 9.17) is 37.3 Å². The molecule has 1 aliphatic rings. The third-order valence-corrected chi connectivity index (χ3v) is 7.92. The number of furan rings is 1. The van der Waals surface area contributed by atoms with Gasteiger partial charge in [-0.2, -0.15) is 0 Å². The second kappa shape index (κ2) is 10.9. The van der Waals surface area contributed by atoms with Crippen molar-refractivity contribution in [1.82, 2.24) is 14.9 Å². The Balaban J connectivity index is 1.49. The minimum absolute atomic E-state index is 0.0300. The maximum atomic E-state index is 14.3. The van der Waals surface area contributed by atoms with E-state index in [0.717, 1.165) is 5.56 Å². The van der Waals surface area contributed by atoms with Gasteiger partial charge in [0.05, 0.1) is 23.4 Å². The molecule has 4 heterocycles. The van der Waals surface area contributed by atoms with Crippen LogP contribution in [0.15, 0.2) is 46.9 Å². The van der Waals surface area contributed by atoms with Crippen LogP contribution in [0.5, 0.6) is 0 Å². The number of nitrogens with zero attached hydrogens (tertiary/aromatic N) is 4.